The molecule has 2 rings (SSSR count). The van der Waals surface area contributed by atoms with Crippen LogP contribution in [0.2, 0.25) is 0 Å². The zero-order valence-corrected chi connectivity index (χ0v) is 12.0. The fraction of sp³-hybridized carbons (Fsp3) is 0.929. The van der Waals surface area contributed by atoms with E-state index in [1.165, 1.54) is 0 Å². The van der Waals surface area contributed by atoms with Crippen LogP contribution in [0, 0.1) is 17.8 Å². The second-order valence-corrected chi connectivity index (χ2v) is 6.30. The molecule has 1 N–H and O–H groups in total. The van der Waals surface area contributed by atoms with Crippen molar-refractivity contribution in [2.45, 2.75) is 46.3 Å². The summed E-state index contributed by atoms with van der Waals surface area (Å²) in [5, 5.41) is 3.50. The van der Waals surface area contributed by atoms with Gasteiger partial charge in [0.2, 0.25) is 5.91 Å². The van der Waals surface area contributed by atoms with Gasteiger partial charge in [-0.25, -0.2) is 0 Å². The van der Waals surface area contributed by atoms with Gasteiger partial charge < -0.3 is 9.64 Å². The average molecular weight is 254 g/mol. The predicted molar refractivity (Wildman–Crippen MR) is 71.0 cm³/mol. The van der Waals surface area contributed by atoms with Crippen molar-refractivity contribution in [1.82, 2.24) is 10.2 Å². The lowest BCUT2D eigenvalue weighted by molar-refractivity contribution is -0.131. The van der Waals surface area contributed by atoms with Crippen molar-refractivity contribution in [3.8, 4) is 0 Å². The molecule has 4 nitrogen and oxygen atoms in total. The quantitative estimate of drug-likeness (QED) is 0.826. The number of hydrogen-bond acceptors (Lipinski definition) is 3. The summed E-state index contributed by atoms with van der Waals surface area (Å²) in [5.74, 6) is 1.59. The van der Waals surface area contributed by atoms with Gasteiger partial charge in [0.25, 0.3) is 0 Å². The molecule has 4 heteroatoms. The molecule has 0 aromatic rings. The Morgan fingerprint density at radius 3 is 2.56 bits per heavy atom. The normalized spacial score (nSPS) is 33.1. The van der Waals surface area contributed by atoms with Gasteiger partial charge in [0.05, 0.1) is 18.8 Å². The Bertz CT molecular complexity index is 298. The maximum atomic E-state index is 12.5. The standard InChI is InChI=1S/C14H26N2O2/c1-9(2)12-14(17)16(13(15-12)10(3)4)7-11-5-6-18-8-11/h9-13,15H,5-8H2,1-4H3. The van der Waals surface area contributed by atoms with Crippen molar-refractivity contribution in [1.29, 1.82) is 0 Å². The number of rotatable bonds is 4. The lowest BCUT2D eigenvalue weighted by Gasteiger charge is -2.29. The zero-order valence-electron chi connectivity index (χ0n) is 12.0. The maximum absolute atomic E-state index is 12.5. The van der Waals surface area contributed by atoms with E-state index in [0.29, 0.717) is 17.8 Å². The van der Waals surface area contributed by atoms with Crippen LogP contribution in [-0.4, -0.2) is 42.8 Å². The summed E-state index contributed by atoms with van der Waals surface area (Å²) in [7, 11) is 0. The van der Waals surface area contributed by atoms with Crippen LogP contribution in [-0.2, 0) is 9.53 Å². The lowest BCUT2D eigenvalue weighted by Crippen LogP contribution is -2.43. The van der Waals surface area contributed by atoms with E-state index in [2.05, 4.69) is 37.9 Å². The van der Waals surface area contributed by atoms with Crippen LogP contribution in [0.15, 0.2) is 0 Å². The number of carbonyl (C=O) groups excluding carboxylic acids is 1. The Morgan fingerprint density at radius 1 is 1.33 bits per heavy atom. The van der Waals surface area contributed by atoms with E-state index in [0.717, 1.165) is 26.2 Å². The summed E-state index contributed by atoms with van der Waals surface area (Å²) >= 11 is 0. The highest BCUT2D eigenvalue weighted by molar-refractivity contribution is 5.84. The van der Waals surface area contributed by atoms with Crippen molar-refractivity contribution < 1.29 is 9.53 Å². The van der Waals surface area contributed by atoms with Gasteiger partial charge in [-0.15, -0.1) is 0 Å². The van der Waals surface area contributed by atoms with Gasteiger partial charge in [-0.2, -0.15) is 0 Å². The average Bonchev–Trinajstić information content (AvgIpc) is 2.88. The predicted octanol–water partition coefficient (Wildman–Crippen LogP) is 1.46. The van der Waals surface area contributed by atoms with E-state index in [9.17, 15) is 4.79 Å². The molecule has 0 saturated carbocycles. The van der Waals surface area contributed by atoms with Crippen LogP contribution < -0.4 is 5.32 Å². The van der Waals surface area contributed by atoms with Crippen LogP contribution in [0.4, 0.5) is 0 Å². The topological polar surface area (TPSA) is 41.6 Å². The second-order valence-electron chi connectivity index (χ2n) is 6.30. The molecule has 2 fully saturated rings. The van der Waals surface area contributed by atoms with Gasteiger partial charge in [0, 0.05) is 19.1 Å². The van der Waals surface area contributed by atoms with Crippen LogP contribution >= 0.6 is 0 Å². The summed E-state index contributed by atoms with van der Waals surface area (Å²) < 4.78 is 5.41. The van der Waals surface area contributed by atoms with E-state index in [1.807, 2.05) is 0 Å². The molecule has 2 aliphatic heterocycles. The number of nitrogens with one attached hydrogen (secondary N) is 1. The first kappa shape index (κ1) is 13.8. The molecule has 2 aliphatic rings. The molecular weight excluding hydrogens is 228 g/mol. The fourth-order valence-corrected chi connectivity index (χ4v) is 2.90. The molecule has 0 spiro atoms. The minimum atomic E-state index is -0.0141. The van der Waals surface area contributed by atoms with Crippen LogP contribution in [0.1, 0.15) is 34.1 Å². The first-order chi connectivity index (χ1) is 8.50. The van der Waals surface area contributed by atoms with E-state index < -0.39 is 0 Å². The van der Waals surface area contributed by atoms with Gasteiger partial charge in [-0.05, 0) is 18.3 Å². The Balaban J connectivity index is 2.06. The molecule has 0 aromatic carbocycles. The number of carbonyl (C=O) groups is 1. The molecular formula is C14H26N2O2. The number of nitrogens with zero attached hydrogens (tertiary/aromatic N) is 1. The molecule has 18 heavy (non-hydrogen) atoms. The third-order valence-corrected chi connectivity index (χ3v) is 4.01. The Hall–Kier alpha value is -0.610. The summed E-state index contributed by atoms with van der Waals surface area (Å²) in [6, 6.07) is -0.0141. The van der Waals surface area contributed by atoms with Gasteiger partial charge in [0.15, 0.2) is 0 Å². The summed E-state index contributed by atoms with van der Waals surface area (Å²) in [6.07, 6.45) is 1.27. The van der Waals surface area contributed by atoms with E-state index in [-0.39, 0.29) is 18.1 Å². The molecule has 3 unspecified atom stereocenters. The lowest BCUT2D eigenvalue weighted by atomic mass is 10.0. The van der Waals surface area contributed by atoms with E-state index in [4.69, 9.17) is 4.74 Å². The molecule has 0 aromatic heterocycles. The Morgan fingerprint density at radius 2 is 2.06 bits per heavy atom. The first-order valence-electron chi connectivity index (χ1n) is 7.15. The van der Waals surface area contributed by atoms with Crippen molar-refractivity contribution in [2.24, 2.45) is 17.8 Å². The highest BCUT2D eigenvalue weighted by atomic mass is 16.5. The second kappa shape index (κ2) is 5.57. The fourth-order valence-electron chi connectivity index (χ4n) is 2.90. The van der Waals surface area contributed by atoms with Gasteiger partial charge >= 0.3 is 0 Å². The molecule has 2 heterocycles. The molecule has 3 atom stereocenters. The number of hydrogen-bond donors (Lipinski definition) is 1. The summed E-state index contributed by atoms with van der Waals surface area (Å²) in [5.41, 5.74) is 0. The summed E-state index contributed by atoms with van der Waals surface area (Å²) in [6.45, 7) is 11.1. The van der Waals surface area contributed by atoms with Crippen molar-refractivity contribution in [3.05, 3.63) is 0 Å². The Kier molecular flexibility index (Phi) is 4.28. The largest absolute Gasteiger partial charge is 0.381 e. The molecule has 0 aliphatic carbocycles. The Labute approximate surface area is 110 Å². The third kappa shape index (κ3) is 2.69. The molecule has 1 amide bonds. The zero-order chi connectivity index (χ0) is 13.3. The highest BCUT2D eigenvalue weighted by Gasteiger charge is 2.42. The van der Waals surface area contributed by atoms with Crippen LogP contribution in [0.25, 0.3) is 0 Å². The van der Waals surface area contributed by atoms with Crippen molar-refractivity contribution in [2.75, 3.05) is 19.8 Å². The third-order valence-electron chi connectivity index (χ3n) is 4.01. The van der Waals surface area contributed by atoms with Crippen LogP contribution in [0.3, 0.4) is 0 Å². The smallest absolute Gasteiger partial charge is 0.241 e. The number of amides is 1. The highest BCUT2D eigenvalue weighted by Crippen LogP contribution is 2.24. The minimum absolute atomic E-state index is 0.0141. The number of ether oxygens (including phenoxy) is 1. The SMILES string of the molecule is CC(C)C1NC(C(C)C)N(CC2CCOC2)C1=O. The van der Waals surface area contributed by atoms with E-state index in [1.54, 1.807) is 0 Å². The first-order valence-corrected chi connectivity index (χ1v) is 7.15. The van der Waals surface area contributed by atoms with E-state index >= 15 is 0 Å². The van der Waals surface area contributed by atoms with Gasteiger partial charge in [0.1, 0.15) is 0 Å². The van der Waals surface area contributed by atoms with Crippen molar-refractivity contribution >= 4 is 5.91 Å². The summed E-state index contributed by atoms with van der Waals surface area (Å²) in [4.78, 5) is 14.5. The van der Waals surface area contributed by atoms with Gasteiger partial charge in [-0.3, -0.25) is 10.1 Å². The molecule has 2 saturated heterocycles. The monoisotopic (exact) mass is 254 g/mol. The molecule has 0 radical (unpaired) electrons. The maximum Gasteiger partial charge on any atom is 0.241 e. The van der Waals surface area contributed by atoms with Crippen LogP contribution in [0.5, 0.6) is 0 Å². The van der Waals surface area contributed by atoms with Crippen molar-refractivity contribution in [3.63, 3.8) is 0 Å². The van der Waals surface area contributed by atoms with Gasteiger partial charge in [-0.1, -0.05) is 27.7 Å². The minimum Gasteiger partial charge on any atom is -0.381 e. The molecule has 104 valence electrons. The molecule has 0 bridgehead atoms.